The van der Waals surface area contributed by atoms with E-state index in [2.05, 4.69) is 12.1 Å². The lowest BCUT2D eigenvalue weighted by Gasteiger charge is -2.05. The SMILES string of the molecule is CC(N)Cc1ccc2c(c1)SCO2. The summed E-state index contributed by atoms with van der Waals surface area (Å²) in [5.74, 6) is 1.76. The molecule has 0 aliphatic carbocycles. The number of ether oxygens (including phenoxy) is 1. The third-order valence-corrected chi connectivity index (χ3v) is 2.86. The third kappa shape index (κ3) is 1.98. The molecule has 2 rings (SSSR count). The fraction of sp³-hybridized carbons (Fsp3) is 0.400. The molecular weight excluding hydrogens is 182 g/mol. The first kappa shape index (κ1) is 8.91. The predicted molar refractivity (Wildman–Crippen MR) is 55.1 cm³/mol. The molecule has 0 spiro atoms. The van der Waals surface area contributed by atoms with E-state index in [4.69, 9.17) is 10.5 Å². The Morgan fingerprint density at radius 3 is 3.23 bits per heavy atom. The van der Waals surface area contributed by atoms with Crippen molar-refractivity contribution < 1.29 is 4.74 Å². The van der Waals surface area contributed by atoms with Crippen molar-refractivity contribution >= 4 is 11.8 Å². The Morgan fingerprint density at radius 1 is 1.62 bits per heavy atom. The van der Waals surface area contributed by atoms with Crippen LogP contribution in [0.5, 0.6) is 5.75 Å². The molecule has 1 unspecified atom stereocenters. The summed E-state index contributed by atoms with van der Waals surface area (Å²) in [5.41, 5.74) is 7.03. The standard InChI is InChI=1S/C10H13NOS/c1-7(11)4-8-2-3-9-10(5-8)13-6-12-9/h2-3,5,7H,4,6,11H2,1H3. The van der Waals surface area contributed by atoms with Crippen molar-refractivity contribution in [3.63, 3.8) is 0 Å². The second kappa shape index (κ2) is 3.60. The summed E-state index contributed by atoms with van der Waals surface area (Å²) in [7, 11) is 0. The lowest BCUT2D eigenvalue weighted by molar-refractivity contribution is 0.397. The van der Waals surface area contributed by atoms with Crippen LogP contribution < -0.4 is 10.5 Å². The Morgan fingerprint density at radius 2 is 2.46 bits per heavy atom. The van der Waals surface area contributed by atoms with E-state index >= 15 is 0 Å². The number of fused-ring (bicyclic) bond motifs is 1. The summed E-state index contributed by atoms with van der Waals surface area (Å²) in [4.78, 5) is 1.25. The van der Waals surface area contributed by atoms with Gasteiger partial charge in [-0.25, -0.2) is 0 Å². The van der Waals surface area contributed by atoms with Crippen LogP contribution in [0, 0.1) is 0 Å². The Bertz CT molecular complexity index is 312. The van der Waals surface area contributed by atoms with Gasteiger partial charge < -0.3 is 10.5 Å². The van der Waals surface area contributed by atoms with Crippen LogP contribution in [0.3, 0.4) is 0 Å². The number of hydrogen-bond donors (Lipinski definition) is 1. The minimum Gasteiger partial charge on any atom is -0.481 e. The molecule has 0 saturated heterocycles. The molecular formula is C10H13NOS. The monoisotopic (exact) mass is 195 g/mol. The van der Waals surface area contributed by atoms with Crippen LogP contribution in [0.15, 0.2) is 23.1 Å². The molecule has 1 aromatic rings. The van der Waals surface area contributed by atoms with Gasteiger partial charge in [0.2, 0.25) is 0 Å². The van der Waals surface area contributed by atoms with Crippen molar-refractivity contribution in [2.75, 3.05) is 5.94 Å². The van der Waals surface area contributed by atoms with E-state index in [9.17, 15) is 0 Å². The van der Waals surface area contributed by atoms with E-state index in [1.807, 2.05) is 13.0 Å². The Labute approximate surface area is 82.5 Å². The zero-order valence-electron chi connectivity index (χ0n) is 7.62. The zero-order valence-corrected chi connectivity index (χ0v) is 8.43. The van der Waals surface area contributed by atoms with Gasteiger partial charge in [0, 0.05) is 6.04 Å². The van der Waals surface area contributed by atoms with Gasteiger partial charge in [-0.2, -0.15) is 0 Å². The second-order valence-electron chi connectivity index (χ2n) is 3.37. The second-order valence-corrected chi connectivity index (χ2v) is 4.33. The summed E-state index contributed by atoms with van der Waals surface area (Å²) in [5, 5.41) is 0. The van der Waals surface area contributed by atoms with Gasteiger partial charge in [-0.3, -0.25) is 0 Å². The minimum atomic E-state index is 0.227. The molecule has 0 bridgehead atoms. The first-order valence-corrected chi connectivity index (χ1v) is 5.38. The van der Waals surface area contributed by atoms with E-state index in [0.717, 1.165) is 18.1 Å². The van der Waals surface area contributed by atoms with Crippen molar-refractivity contribution in [2.45, 2.75) is 24.3 Å². The van der Waals surface area contributed by atoms with Crippen molar-refractivity contribution in [1.82, 2.24) is 0 Å². The van der Waals surface area contributed by atoms with Crippen molar-refractivity contribution in [1.29, 1.82) is 0 Å². The minimum absolute atomic E-state index is 0.227. The average molecular weight is 195 g/mol. The highest BCUT2D eigenvalue weighted by atomic mass is 32.2. The largest absolute Gasteiger partial charge is 0.481 e. The maximum Gasteiger partial charge on any atom is 0.138 e. The van der Waals surface area contributed by atoms with Crippen LogP contribution in [-0.2, 0) is 6.42 Å². The van der Waals surface area contributed by atoms with Gasteiger partial charge >= 0.3 is 0 Å². The summed E-state index contributed by atoms with van der Waals surface area (Å²) in [6.45, 7) is 2.02. The highest BCUT2D eigenvalue weighted by Gasteiger charge is 2.12. The van der Waals surface area contributed by atoms with Crippen LogP contribution in [0.2, 0.25) is 0 Å². The van der Waals surface area contributed by atoms with E-state index in [1.54, 1.807) is 11.8 Å². The van der Waals surface area contributed by atoms with Gasteiger partial charge in [0.15, 0.2) is 0 Å². The molecule has 0 radical (unpaired) electrons. The molecule has 1 aliphatic rings. The Kier molecular flexibility index (Phi) is 2.47. The summed E-state index contributed by atoms with van der Waals surface area (Å²) >= 11 is 1.75. The molecule has 1 heterocycles. The number of hydrogen-bond acceptors (Lipinski definition) is 3. The van der Waals surface area contributed by atoms with Crippen LogP contribution in [0.4, 0.5) is 0 Å². The van der Waals surface area contributed by atoms with Gasteiger partial charge in [0.25, 0.3) is 0 Å². The molecule has 2 N–H and O–H groups in total. The van der Waals surface area contributed by atoms with Gasteiger partial charge in [0.1, 0.15) is 11.7 Å². The van der Waals surface area contributed by atoms with Crippen molar-refractivity contribution in [3.05, 3.63) is 23.8 Å². The molecule has 1 atom stereocenters. The topological polar surface area (TPSA) is 35.2 Å². The van der Waals surface area contributed by atoms with Gasteiger partial charge in [-0.15, -0.1) is 0 Å². The molecule has 0 aromatic heterocycles. The molecule has 70 valence electrons. The van der Waals surface area contributed by atoms with Crippen LogP contribution in [0.25, 0.3) is 0 Å². The number of benzene rings is 1. The van der Waals surface area contributed by atoms with Gasteiger partial charge in [-0.1, -0.05) is 17.8 Å². The number of thioether (sulfide) groups is 1. The molecule has 2 nitrogen and oxygen atoms in total. The molecule has 13 heavy (non-hydrogen) atoms. The molecule has 0 fully saturated rings. The summed E-state index contributed by atoms with van der Waals surface area (Å²) in [6.07, 6.45) is 0.938. The number of rotatable bonds is 2. The van der Waals surface area contributed by atoms with E-state index in [1.165, 1.54) is 10.5 Å². The smallest absolute Gasteiger partial charge is 0.138 e. The van der Waals surface area contributed by atoms with Crippen LogP contribution in [0.1, 0.15) is 12.5 Å². The highest BCUT2D eigenvalue weighted by molar-refractivity contribution is 7.99. The van der Waals surface area contributed by atoms with E-state index < -0.39 is 0 Å². The van der Waals surface area contributed by atoms with Crippen LogP contribution in [-0.4, -0.2) is 12.0 Å². The fourth-order valence-electron chi connectivity index (χ4n) is 1.44. The fourth-order valence-corrected chi connectivity index (χ4v) is 2.26. The van der Waals surface area contributed by atoms with Crippen LogP contribution >= 0.6 is 11.8 Å². The summed E-state index contributed by atoms with van der Waals surface area (Å²) < 4.78 is 5.39. The maximum absolute atomic E-state index is 5.73. The lowest BCUT2D eigenvalue weighted by atomic mass is 10.1. The molecule has 0 saturated carbocycles. The quantitative estimate of drug-likeness (QED) is 0.784. The van der Waals surface area contributed by atoms with Gasteiger partial charge in [-0.05, 0) is 31.0 Å². The molecule has 1 aliphatic heterocycles. The van der Waals surface area contributed by atoms with E-state index in [0.29, 0.717) is 0 Å². The molecule has 0 amide bonds. The first-order chi connectivity index (χ1) is 6.25. The number of nitrogens with two attached hydrogens (primary N) is 1. The van der Waals surface area contributed by atoms with Gasteiger partial charge in [0.05, 0.1) is 4.90 Å². The molecule has 1 aromatic carbocycles. The summed E-state index contributed by atoms with van der Waals surface area (Å²) in [6, 6.07) is 6.53. The third-order valence-electron chi connectivity index (χ3n) is 1.99. The normalized spacial score (nSPS) is 16.5. The van der Waals surface area contributed by atoms with Crippen molar-refractivity contribution in [3.8, 4) is 5.75 Å². The van der Waals surface area contributed by atoms with E-state index in [-0.39, 0.29) is 6.04 Å². The first-order valence-electron chi connectivity index (χ1n) is 4.40. The van der Waals surface area contributed by atoms with Crippen molar-refractivity contribution in [2.24, 2.45) is 5.73 Å². The lowest BCUT2D eigenvalue weighted by Crippen LogP contribution is -2.17. The molecule has 3 heteroatoms. The Hall–Kier alpha value is -0.670. The predicted octanol–water partition coefficient (Wildman–Crippen LogP) is 2.02. The highest BCUT2D eigenvalue weighted by Crippen LogP contribution is 2.36. The zero-order chi connectivity index (χ0) is 9.26. The maximum atomic E-state index is 5.73. The Balaban J connectivity index is 2.21. The average Bonchev–Trinajstić information content (AvgIpc) is 2.49.